The molecular formula is C14H18N2O2S. The van der Waals surface area contributed by atoms with Crippen molar-refractivity contribution in [2.75, 3.05) is 13.2 Å². The molecule has 0 bridgehead atoms. The largest absolute Gasteiger partial charge is 0.475 e. The molecule has 3 rings (SSSR count). The van der Waals surface area contributed by atoms with Gasteiger partial charge in [0, 0.05) is 0 Å². The standard InChI is InChI=1S/C14H18N2O2S/c1-3-9-7-17-13(15-9)11-5-6-12(19-11)14-16-10(4-2)8-18-14/h5-6,9-10H,3-4,7-8H2,1-2H3/t9-,10-/m1/s1. The highest BCUT2D eigenvalue weighted by molar-refractivity contribution is 7.16. The molecule has 0 amide bonds. The molecule has 2 aliphatic rings. The topological polar surface area (TPSA) is 43.2 Å². The van der Waals surface area contributed by atoms with Crippen LogP contribution >= 0.6 is 11.3 Å². The van der Waals surface area contributed by atoms with Crippen LogP contribution in [0.25, 0.3) is 0 Å². The smallest absolute Gasteiger partial charge is 0.226 e. The Morgan fingerprint density at radius 1 is 1.00 bits per heavy atom. The lowest BCUT2D eigenvalue weighted by molar-refractivity contribution is 0.315. The Morgan fingerprint density at radius 2 is 1.47 bits per heavy atom. The zero-order chi connectivity index (χ0) is 13.2. The van der Waals surface area contributed by atoms with Gasteiger partial charge in [-0.05, 0) is 25.0 Å². The first kappa shape index (κ1) is 12.7. The van der Waals surface area contributed by atoms with Crippen molar-refractivity contribution in [3.8, 4) is 0 Å². The quantitative estimate of drug-likeness (QED) is 0.850. The number of rotatable bonds is 4. The fourth-order valence-electron chi connectivity index (χ4n) is 2.09. The number of nitrogens with zero attached hydrogens (tertiary/aromatic N) is 2. The molecule has 19 heavy (non-hydrogen) atoms. The predicted molar refractivity (Wildman–Crippen MR) is 77.5 cm³/mol. The molecule has 1 aromatic heterocycles. The molecule has 0 fully saturated rings. The molecule has 0 aromatic carbocycles. The minimum absolute atomic E-state index is 0.310. The summed E-state index contributed by atoms with van der Waals surface area (Å²) in [6.07, 6.45) is 2.05. The lowest BCUT2D eigenvalue weighted by Crippen LogP contribution is -2.03. The molecule has 0 saturated heterocycles. The molecule has 0 radical (unpaired) electrons. The van der Waals surface area contributed by atoms with Gasteiger partial charge in [-0.2, -0.15) is 0 Å². The molecule has 0 saturated carbocycles. The average Bonchev–Trinajstić information content (AvgIpc) is 3.16. The predicted octanol–water partition coefficient (Wildman–Crippen LogP) is 2.86. The van der Waals surface area contributed by atoms with Crippen LogP contribution in [-0.4, -0.2) is 37.1 Å². The van der Waals surface area contributed by atoms with Gasteiger partial charge in [0.05, 0.1) is 21.8 Å². The Hall–Kier alpha value is -1.36. The molecule has 0 spiro atoms. The minimum atomic E-state index is 0.310. The van der Waals surface area contributed by atoms with Gasteiger partial charge in [-0.25, -0.2) is 9.98 Å². The molecule has 3 heterocycles. The number of aliphatic imine (C=N–C) groups is 2. The summed E-state index contributed by atoms with van der Waals surface area (Å²) in [5.41, 5.74) is 0. The minimum Gasteiger partial charge on any atom is -0.475 e. The van der Waals surface area contributed by atoms with Crippen LogP contribution in [0.4, 0.5) is 0 Å². The first-order valence-electron chi connectivity index (χ1n) is 6.82. The van der Waals surface area contributed by atoms with Crippen molar-refractivity contribution in [2.24, 2.45) is 9.98 Å². The van der Waals surface area contributed by atoms with Crippen LogP contribution in [-0.2, 0) is 9.47 Å². The van der Waals surface area contributed by atoms with Crippen LogP contribution in [0.15, 0.2) is 22.1 Å². The van der Waals surface area contributed by atoms with E-state index in [2.05, 4.69) is 23.8 Å². The highest BCUT2D eigenvalue weighted by Gasteiger charge is 2.23. The Bertz CT molecular complexity index is 477. The molecule has 2 atom stereocenters. The van der Waals surface area contributed by atoms with Gasteiger partial charge in [-0.1, -0.05) is 13.8 Å². The highest BCUT2D eigenvalue weighted by atomic mass is 32.1. The zero-order valence-electron chi connectivity index (χ0n) is 11.3. The summed E-state index contributed by atoms with van der Waals surface area (Å²) in [6.45, 7) is 5.67. The molecule has 102 valence electrons. The van der Waals surface area contributed by atoms with E-state index in [1.165, 1.54) is 0 Å². The monoisotopic (exact) mass is 278 g/mol. The van der Waals surface area contributed by atoms with Crippen LogP contribution in [0.1, 0.15) is 36.4 Å². The normalized spacial score (nSPS) is 25.8. The molecule has 5 heteroatoms. The summed E-state index contributed by atoms with van der Waals surface area (Å²) in [6, 6.07) is 4.71. The molecule has 0 unspecified atom stereocenters. The molecule has 1 aromatic rings. The van der Waals surface area contributed by atoms with Crippen molar-refractivity contribution < 1.29 is 9.47 Å². The van der Waals surface area contributed by atoms with Crippen LogP contribution in [0, 0.1) is 0 Å². The van der Waals surface area contributed by atoms with Crippen LogP contribution < -0.4 is 0 Å². The van der Waals surface area contributed by atoms with E-state index < -0.39 is 0 Å². The number of thiophene rings is 1. The van der Waals surface area contributed by atoms with E-state index in [1.807, 2.05) is 12.1 Å². The Morgan fingerprint density at radius 3 is 1.84 bits per heavy atom. The Balaban J connectivity index is 1.77. The van der Waals surface area contributed by atoms with E-state index in [-0.39, 0.29) is 0 Å². The van der Waals surface area contributed by atoms with E-state index >= 15 is 0 Å². The average molecular weight is 278 g/mol. The molecule has 0 aliphatic carbocycles. The summed E-state index contributed by atoms with van der Waals surface area (Å²) in [5.74, 6) is 1.54. The van der Waals surface area contributed by atoms with Gasteiger partial charge in [0.2, 0.25) is 11.8 Å². The molecular weight excluding hydrogens is 260 g/mol. The van der Waals surface area contributed by atoms with Gasteiger partial charge >= 0.3 is 0 Å². The summed E-state index contributed by atoms with van der Waals surface area (Å²) in [5, 5.41) is 0. The molecule has 0 N–H and O–H groups in total. The van der Waals surface area contributed by atoms with Crippen LogP contribution in [0.5, 0.6) is 0 Å². The molecule has 4 nitrogen and oxygen atoms in total. The second kappa shape index (κ2) is 5.33. The third-order valence-corrected chi connectivity index (χ3v) is 4.46. The Kier molecular flexibility index (Phi) is 3.55. The van der Waals surface area contributed by atoms with E-state index in [0.29, 0.717) is 25.3 Å². The van der Waals surface area contributed by atoms with Gasteiger partial charge in [-0.3, -0.25) is 0 Å². The number of hydrogen-bond acceptors (Lipinski definition) is 5. The van der Waals surface area contributed by atoms with Crippen LogP contribution in [0.2, 0.25) is 0 Å². The van der Waals surface area contributed by atoms with Crippen molar-refractivity contribution >= 4 is 23.1 Å². The number of ether oxygens (including phenoxy) is 2. The zero-order valence-corrected chi connectivity index (χ0v) is 12.1. The maximum absolute atomic E-state index is 5.64. The van der Waals surface area contributed by atoms with Crippen molar-refractivity contribution in [2.45, 2.75) is 38.8 Å². The van der Waals surface area contributed by atoms with E-state index in [9.17, 15) is 0 Å². The van der Waals surface area contributed by atoms with Crippen LogP contribution in [0.3, 0.4) is 0 Å². The van der Waals surface area contributed by atoms with Crippen molar-refractivity contribution in [3.63, 3.8) is 0 Å². The summed E-state index contributed by atoms with van der Waals surface area (Å²) < 4.78 is 11.3. The second-order valence-electron chi connectivity index (χ2n) is 4.78. The lowest BCUT2D eigenvalue weighted by Gasteiger charge is -1.98. The third-order valence-electron chi connectivity index (χ3n) is 3.39. The van der Waals surface area contributed by atoms with E-state index in [4.69, 9.17) is 9.47 Å². The van der Waals surface area contributed by atoms with E-state index in [0.717, 1.165) is 34.4 Å². The van der Waals surface area contributed by atoms with E-state index in [1.54, 1.807) is 11.3 Å². The first-order chi connectivity index (χ1) is 9.30. The maximum Gasteiger partial charge on any atom is 0.226 e. The summed E-state index contributed by atoms with van der Waals surface area (Å²) in [4.78, 5) is 11.3. The second-order valence-corrected chi connectivity index (χ2v) is 5.86. The van der Waals surface area contributed by atoms with Gasteiger partial charge in [0.1, 0.15) is 13.2 Å². The van der Waals surface area contributed by atoms with Gasteiger partial charge < -0.3 is 9.47 Å². The van der Waals surface area contributed by atoms with Crippen molar-refractivity contribution in [1.29, 1.82) is 0 Å². The Labute approximate surface area is 117 Å². The van der Waals surface area contributed by atoms with Crippen molar-refractivity contribution in [3.05, 3.63) is 21.9 Å². The third kappa shape index (κ3) is 2.52. The van der Waals surface area contributed by atoms with Gasteiger partial charge in [0.25, 0.3) is 0 Å². The van der Waals surface area contributed by atoms with Gasteiger partial charge in [0.15, 0.2) is 0 Å². The summed E-state index contributed by atoms with van der Waals surface area (Å²) >= 11 is 1.64. The summed E-state index contributed by atoms with van der Waals surface area (Å²) in [7, 11) is 0. The SMILES string of the molecule is CC[C@@H]1COC(c2ccc(C3=N[C@H](CC)CO3)s2)=N1. The first-order valence-corrected chi connectivity index (χ1v) is 7.63. The fraction of sp³-hybridized carbons (Fsp3) is 0.571. The molecule has 2 aliphatic heterocycles. The highest BCUT2D eigenvalue weighted by Crippen LogP contribution is 2.24. The van der Waals surface area contributed by atoms with Gasteiger partial charge in [-0.15, -0.1) is 11.3 Å². The fourth-order valence-corrected chi connectivity index (χ4v) is 2.99. The number of hydrogen-bond donors (Lipinski definition) is 0. The maximum atomic E-state index is 5.64. The lowest BCUT2D eigenvalue weighted by atomic mass is 10.3. The van der Waals surface area contributed by atoms with Crippen molar-refractivity contribution in [1.82, 2.24) is 0 Å².